The van der Waals surface area contributed by atoms with Crippen LogP contribution in [0.15, 0.2) is 12.1 Å². The molecule has 2 aliphatic heterocycles. The van der Waals surface area contributed by atoms with Gasteiger partial charge in [0.05, 0.1) is 13.2 Å². The molecule has 2 heterocycles. The lowest BCUT2D eigenvalue weighted by Gasteiger charge is -2.74. The highest BCUT2D eigenvalue weighted by molar-refractivity contribution is 5.63. The molecule has 1 N–H and O–H groups in total. The van der Waals surface area contributed by atoms with Crippen LogP contribution in [-0.2, 0) is 16.6 Å². The molecular formula is C30H43NO4. The highest BCUT2D eigenvalue weighted by atomic mass is 16.6. The van der Waals surface area contributed by atoms with Gasteiger partial charge in [0, 0.05) is 42.0 Å². The first kappa shape index (κ1) is 22.9. The summed E-state index contributed by atoms with van der Waals surface area (Å²) < 4.78 is 19.5. The molecule has 5 fully saturated rings. The monoisotopic (exact) mass is 481 g/mol. The molecule has 1 saturated heterocycles. The fraction of sp³-hybridized carbons (Fsp3) is 0.800. The highest BCUT2D eigenvalue weighted by Crippen LogP contribution is 2.77. The van der Waals surface area contributed by atoms with E-state index >= 15 is 0 Å². The fourth-order valence-electron chi connectivity index (χ4n) is 9.76. The van der Waals surface area contributed by atoms with Crippen molar-refractivity contribution in [2.24, 2.45) is 23.2 Å². The van der Waals surface area contributed by atoms with E-state index in [2.05, 4.69) is 30.9 Å². The van der Waals surface area contributed by atoms with Crippen LogP contribution in [0, 0.1) is 23.2 Å². The van der Waals surface area contributed by atoms with Gasteiger partial charge in [0.1, 0.15) is 11.7 Å². The van der Waals surface area contributed by atoms with Crippen molar-refractivity contribution in [3.63, 3.8) is 0 Å². The summed E-state index contributed by atoms with van der Waals surface area (Å²) in [7, 11) is 3.64. The highest BCUT2D eigenvalue weighted by Gasteiger charge is 2.81. The number of aliphatic hydroxyl groups excluding tert-OH is 1. The lowest BCUT2D eigenvalue weighted by atomic mass is 9.34. The van der Waals surface area contributed by atoms with E-state index in [1.807, 2.05) is 7.11 Å². The zero-order valence-corrected chi connectivity index (χ0v) is 22.0. The number of ether oxygens (including phenoxy) is 3. The average Bonchev–Trinajstić information content (AvgIpc) is 3.60. The molecule has 4 bridgehead atoms. The standard InChI is InChI=1S/C30H43NO4/c1-18(2)5-9-22(32)21-16-28-11-12-30(21,34-4)27-29(28)13-14-31(17-19-6-7-19)24(28)15-20-8-10-23(33-3)26(35-27)25(20)29/h8,10,18-19,21-22,24,27,32H,5-7,9,11-17H2,1-4H3/t21-,22+,24-,27-,28-,29+,30-/m1/s1. The molecular weight excluding hydrogens is 438 g/mol. The molecule has 0 unspecified atom stereocenters. The number of aliphatic hydroxyl groups is 1. The number of hydrogen-bond acceptors (Lipinski definition) is 5. The number of likely N-dealkylation sites (tertiary alicyclic amines) is 1. The summed E-state index contributed by atoms with van der Waals surface area (Å²) in [6.45, 7) is 6.91. The number of fused-ring (bicyclic) bond motifs is 2. The summed E-state index contributed by atoms with van der Waals surface area (Å²) in [5.41, 5.74) is 2.58. The molecule has 7 atom stereocenters. The van der Waals surface area contributed by atoms with Gasteiger partial charge < -0.3 is 19.3 Å². The van der Waals surface area contributed by atoms with Crippen molar-refractivity contribution in [2.75, 3.05) is 27.3 Å². The van der Waals surface area contributed by atoms with Crippen LogP contribution in [0.3, 0.4) is 0 Å². The zero-order chi connectivity index (χ0) is 24.2. The number of methoxy groups -OCH3 is 2. The molecule has 2 spiro atoms. The summed E-state index contributed by atoms with van der Waals surface area (Å²) in [5, 5.41) is 11.7. The van der Waals surface area contributed by atoms with Crippen LogP contribution < -0.4 is 9.47 Å². The van der Waals surface area contributed by atoms with Gasteiger partial charge in [-0.25, -0.2) is 0 Å². The minimum Gasteiger partial charge on any atom is -0.493 e. The van der Waals surface area contributed by atoms with Crippen molar-refractivity contribution in [3.8, 4) is 11.5 Å². The molecule has 0 radical (unpaired) electrons. The van der Waals surface area contributed by atoms with Gasteiger partial charge in [0.15, 0.2) is 11.5 Å². The largest absolute Gasteiger partial charge is 0.493 e. The normalized spacial score (nSPS) is 41.6. The Morgan fingerprint density at radius 2 is 1.97 bits per heavy atom. The molecule has 1 aromatic carbocycles. The minimum atomic E-state index is -0.444. The average molecular weight is 482 g/mol. The van der Waals surface area contributed by atoms with Crippen LogP contribution in [0.4, 0.5) is 0 Å². The first-order valence-corrected chi connectivity index (χ1v) is 14.2. The Hall–Kier alpha value is -1.30. The first-order valence-electron chi connectivity index (χ1n) is 14.2. The lowest BCUT2D eigenvalue weighted by molar-refractivity contribution is -0.290. The van der Waals surface area contributed by atoms with Gasteiger partial charge in [-0.1, -0.05) is 19.9 Å². The van der Waals surface area contributed by atoms with E-state index in [4.69, 9.17) is 14.2 Å². The number of piperidine rings is 1. The van der Waals surface area contributed by atoms with Gasteiger partial charge in [-0.2, -0.15) is 0 Å². The Balaban J connectivity index is 1.40. The minimum absolute atomic E-state index is 0.0301. The number of rotatable bonds is 8. The Bertz CT molecular complexity index is 1020. The molecule has 5 aliphatic carbocycles. The molecule has 4 saturated carbocycles. The Morgan fingerprint density at radius 1 is 1.14 bits per heavy atom. The molecule has 5 nitrogen and oxygen atoms in total. The van der Waals surface area contributed by atoms with Gasteiger partial charge in [-0.05, 0) is 87.8 Å². The van der Waals surface area contributed by atoms with Crippen molar-refractivity contribution >= 4 is 0 Å². The lowest BCUT2D eigenvalue weighted by Crippen LogP contribution is -2.81. The molecule has 0 amide bonds. The molecule has 1 aromatic rings. The van der Waals surface area contributed by atoms with Crippen molar-refractivity contribution in [1.82, 2.24) is 4.90 Å². The van der Waals surface area contributed by atoms with Crippen LogP contribution in [-0.4, -0.2) is 61.2 Å². The Kier molecular flexibility index (Phi) is 4.97. The van der Waals surface area contributed by atoms with Gasteiger partial charge in [0.25, 0.3) is 0 Å². The summed E-state index contributed by atoms with van der Waals surface area (Å²) in [6.07, 6.45) is 9.76. The van der Waals surface area contributed by atoms with Crippen molar-refractivity contribution in [2.45, 2.75) is 101 Å². The maximum absolute atomic E-state index is 11.7. The quantitative estimate of drug-likeness (QED) is 0.582. The molecule has 7 aliphatic rings. The smallest absolute Gasteiger partial charge is 0.165 e. The Morgan fingerprint density at radius 3 is 2.69 bits per heavy atom. The van der Waals surface area contributed by atoms with Crippen molar-refractivity contribution in [1.29, 1.82) is 0 Å². The second kappa shape index (κ2) is 7.61. The summed E-state index contributed by atoms with van der Waals surface area (Å²) in [4.78, 5) is 2.87. The maximum atomic E-state index is 11.7. The van der Waals surface area contributed by atoms with E-state index in [9.17, 15) is 5.11 Å². The van der Waals surface area contributed by atoms with Crippen LogP contribution in [0.5, 0.6) is 11.5 Å². The maximum Gasteiger partial charge on any atom is 0.165 e. The van der Waals surface area contributed by atoms with Crippen LogP contribution in [0.1, 0.15) is 76.3 Å². The number of hydrogen-bond donors (Lipinski definition) is 1. The zero-order valence-electron chi connectivity index (χ0n) is 22.0. The van der Waals surface area contributed by atoms with Crippen LogP contribution in [0.25, 0.3) is 0 Å². The van der Waals surface area contributed by atoms with Crippen LogP contribution >= 0.6 is 0 Å². The fourth-order valence-corrected chi connectivity index (χ4v) is 9.76. The van der Waals surface area contributed by atoms with E-state index in [0.717, 1.165) is 62.5 Å². The van der Waals surface area contributed by atoms with Gasteiger partial charge in [-0.3, -0.25) is 4.90 Å². The second-order valence-corrected chi connectivity index (χ2v) is 13.2. The molecule has 35 heavy (non-hydrogen) atoms. The summed E-state index contributed by atoms with van der Waals surface area (Å²) >= 11 is 0. The third-order valence-electron chi connectivity index (χ3n) is 11.4. The first-order chi connectivity index (χ1) is 16.9. The number of nitrogens with zero attached hydrogens (tertiary/aromatic N) is 1. The topological polar surface area (TPSA) is 51.2 Å². The Labute approximate surface area is 210 Å². The van der Waals surface area contributed by atoms with Crippen molar-refractivity contribution in [3.05, 3.63) is 23.3 Å². The second-order valence-electron chi connectivity index (χ2n) is 13.2. The number of benzene rings is 1. The SMILES string of the molecule is COc1ccc2c3c1O[C@H]1[C@@]4(OC)CC[C@@]5(C[C@@H]4[C@@H](O)CCC(C)C)[C@@H](C2)N(CC2CC2)CC[C@]315. The van der Waals surface area contributed by atoms with E-state index < -0.39 is 5.60 Å². The third kappa shape index (κ3) is 2.76. The summed E-state index contributed by atoms with van der Waals surface area (Å²) in [5.74, 6) is 3.44. The predicted octanol–water partition coefficient (Wildman–Crippen LogP) is 4.72. The van der Waals surface area contributed by atoms with Gasteiger partial charge in [-0.15, -0.1) is 0 Å². The molecule has 0 aromatic heterocycles. The predicted molar refractivity (Wildman–Crippen MR) is 135 cm³/mol. The van der Waals surface area contributed by atoms with E-state index in [0.29, 0.717) is 12.0 Å². The molecule has 192 valence electrons. The van der Waals surface area contributed by atoms with Gasteiger partial charge in [0.2, 0.25) is 0 Å². The summed E-state index contributed by atoms with van der Waals surface area (Å²) in [6, 6.07) is 4.98. The molecule has 5 heteroatoms. The molecule has 8 rings (SSSR count). The van der Waals surface area contributed by atoms with Crippen molar-refractivity contribution < 1.29 is 19.3 Å². The van der Waals surface area contributed by atoms with Gasteiger partial charge >= 0.3 is 0 Å². The third-order valence-corrected chi connectivity index (χ3v) is 11.4. The van der Waals surface area contributed by atoms with E-state index in [1.165, 1.54) is 36.9 Å². The van der Waals surface area contributed by atoms with E-state index in [-0.39, 0.29) is 29.0 Å². The van der Waals surface area contributed by atoms with E-state index in [1.54, 1.807) is 7.11 Å². The van der Waals surface area contributed by atoms with Crippen LogP contribution in [0.2, 0.25) is 0 Å².